The summed E-state index contributed by atoms with van der Waals surface area (Å²) in [6.07, 6.45) is 0.495. The Hall–Kier alpha value is -1.02. The average Bonchev–Trinajstić information content (AvgIpc) is 2.87. The van der Waals surface area contributed by atoms with Gasteiger partial charge in [0.1, 0.15) is 11.9 Å². The molecule has 0 aliphatic carbocycles. The molecule has 1 aromatic rings. The number of para-hydroxylation sites is 1. The zero-order chi connectivity index (χ0) is 9.26. The fourth-order valence-electron chi connectivity index (χ4n) is 1.34. The van der Waals surface area contributed by atoms with Gasteiger partial charge in [0.25, 0.3) is 0 Å². The van der Waals surface area contributed by atoms with Crippen molar-refractivity contribution in [2.75, 3.05) is 6.61 Å². The fraction of sp³-hybridized carbons (Fsp3) is 0.455. The molecule has 0 spiro atoms. The van der Waals surface area contributed by atoms with E-state index in [0.29, 0.717) is 0 Å². The minimum absolute atomic E-state index is 0.222. The highest BCUT2D eigenvalue weighted by molar-refractivity contribution is 5.36. The second kappa shape index (κ2) is 3.38. The molecule has 1 saturated heterocycles. The van der Waals surface area contributed by atoms with E-state index in [4.69, 9.17) is 9.47 Å². The van der Waals surface area contributed by atoms with Crippen LogP contribution in [0.4, 0.5) is 0 Å². The van der Waals surface area contributed by atoms with Crippen LogP contribution in [0.1, 0.15) is 25.5 Å². The highest BCUT2D eigenvalue weighted by Crippen LogP contribution is 2.36. The Bertz CT molecular complexity index is 290. The monoisotopic (exact) mass is 178 g/mol. The third-order valence-corrected chi connectivity index (χ3v) is 1.96. The van der Waals surface area contributed by atoms with Gasteiger partial charge in [0.2, 0.25) is 0 Å². The predicted molar refractivity (Wildman–Crippen MR) is 50.9 cm³/mol. The van der Waals surface area contributed by atoms with Crippen molar-refractivity contribution in [3.8, 4) is 5.75 Å². The van der Waals surface area contributed by atoms with E-state index in [9.17, 15) is 0 Å². The van der Waals surface area contributed by atoms with Gasteiger partial charge < -0.3 is 9.47 Å². The second-order valence-corrected chi connectivity index (χ2v) is 3.53. The SMILES string of the molecule is CC(C)Oc1ccccc1[C@H]1CO1. The molecule has 0 aromatic heterocycles. The van der Waals surface area contributed by atoms with Crippen LogP contribution in [-0.4, -0.2) is 12.7 Å². The van der Waals surface area contributed by atoms with Gasteiger partial charge >= 0.3 is 0 Å². The van der Waals surface area contributed by atoms with E-state index in [1.165, 1.54) is 5.56 Å². The van der Waals surface area contributed by atoms with Crippen LogP contribution in [0.15, 0.2) is 24.3 Å². The molecule has 13 heavy (non-hydrogen) atoms. The summed E-state index contributed by atoms with van der Waals surface area (Å²) in [7, 11) is 0. The van der Waals surface area contributed by atoms with Crippen LogP contribution >= 0.6 is 0 Å². The molecule has 0 N–H and O–H groups in total. The fourth-order valence-corrected chi connectivity index (χ4v) is 1.34. The van der Waals surface area contributed by atoms with Crippen molar-refractivity contribution in [2.24, 2.45) is 0 Å². The van der Waals surface area contributed by atoms with Crippen LogP contribution in [0.2, 0.25) is 0 Å². The Morgan fingerprint density at radius 1 is 1.38 bits per heavy atom. The molecule has 0 amide bonds. The Morgan fingerprint density at radius 2 is 2.08 bits per heavy atom. The Balaban J connectivity index is 2.21. The van der Waals surface area contributed by atoms with Crippen molar-refractivity contribution in [3.05, 3.63) is 29.8 Å². The van der Waals surface area contributed by atoms with E-state index in [-0.39, 0.29) is 12.2 Å². The highest BCUT2D eigenvalue weighted by atomic mass is 16.6. The molecule has 2 heteroatoms. The van der Waals surface area contributed by atoms with Gasteiger partial charge in [0.05, 0.1) is 12.7 Å². The van der Waals surface area contributed by atoms with E-state index in [1.807, 2.05) is 32.0 Å². The van der Waals surface area contributed by atoms with Crippen LogP contribution in [0.5, 0.6) is 5.75 Å². The summed E-state index contributed by atoms with van der Waals surface area (Å²) in [4.78, 5) is 0. The molecule has 1 fully saturated rings. The zero-order valence-electron chi connectivity index (χ0n) is 7.99. The molecule has 1 aromatic carbocycles. The van der Waals surface area contributed by atoms with E-state index in [1.54, 1.807) is 0 Å². The number of ether oxygens (including phenoxy) is 2. The lowest BCUT2D eigenvalue weighted by atomic mass is 10.1. The van der Waals surface area contributed by atoms with Gasteiger partial charge in [-0.25, -0.2) is 0 Å². The van der Waals surface area contributed by atoms with Gasteiger partial charge in [0, 0.05) is 5.56 Å². The Labute approximate surface area is 78.5 Å². The molecule has 1 atom stereocenters. The molecule has 1 aliphatic heterocycles. The molecule has 0 unspecified atom stereocenters. The molecule has 1 heterocycles. The van der Waals surface area contributed by atoms with Gasteiger partial charge in [0.15, 0.2) is 0 Å². The van der Waals surface area contributed by atoms with Crippen molar-refractivity contribution < 1.29 is 9.47 Å². The quantitative estimate of drug-likeness (QED) is 0.663. The highest BCUT2D eigenvalue weighted by Gasteiger charge is 2.27. The first kappa shape index (κ1) is 8.57. The molecule has 2 rings (SSSR count). The minimum atomic E-state index is 0.222. The third kappa shape index (κ3) is 2.01. The van der Waals surface area contributed by atoms with Gasteiger partial charge in [-0.05, 0) is 19.9 Å². The van der Waals surface area contributed by atoms with Crippen molar-refractivity contribution in [2.45, 2.75) is 26.1 Å². The molecule has 0 radical (unpaired) electrons. The van der Waals surface area contributed by atoms with Crippen LogP contribution in [-0.2, 0) is 4.74 Å². The summed E-state index contributed by atoms with van der Waals surface area (Å²) >= 11 is 0. The van der Waals surface area contributed by atoms with Crippen molar-refractivity contribution in [1.82, 2.24) is 0 Å². The van der Waals surface area contributed by atoms with Gasteiger partial charge in [-0.2, -0.15) is 0 Å². The number of rotatable bonds is 3. The Kier molecular flexibility index (Phi) is 2.23. The molecular weight excluding hydrogens is 164 g/mol. The second-order valence-electron chi connectivity index (χ2n) is 3.53. The minimum Gasteiger partial charge on any atom is -0.491 e. The maximum absolute atomic E-state index is 5.67. The first-order valence-corrected chi connectivity index (χ1v) is 4.64. The van der Waals surface area contributed by atoms with E-state index >= 15 is 0 Å². The summed E-state index contributed by atoms with van der Waals surface area (Å²) in [5.41, 5.74) is 1.18. The van der Waals surface area contributed by atoms with Crippen molar-refractivity contribution >= 4 is 0 Å². The van der Waals surface area contributed by atoms with Gasteiger partial charge in [-0.3, -0.25) is 0 Å². The standard InChI is InChI=1S/C11H14O2/c1-8(2)13-10-6-4-3-5-9(10)11-7-12-11/h3-6,8,11H,7H2,1-2H3/t11-/m1/s1. The number of epoxide rings is 1. The van der Waals surface area contributed by atoms with Gasteiger partial charge in [-0.15, -0.1) is 0 Å². The summed E-state index contributed by atoms with van der Waals surface area (Å²) in [6.45, 7) is 4.90. The van der Waals surface area contributed by atoms with E-state index in [2.05, 4.69) is 6.07 Å². The van der Waals surface area contributed by atoms with Crippen LogP contribution < -0.4 is 4.74 Å². The number of benzene rings is 1. The number of hydrogen-bond donors (Lipinski definition) is 0. The number of hydrogen-bond acceptors (Lipinski definition) is 2. The average molecular weight is 178 g/mol. The lowest BCUT2D eigenvalue weighted by molar-refractivity contribution is 0.237. The largest absolute Gasteiger partial charge is 0.491 e. The first-order valence-electron chi connectivity index (χ1n) is 4.64. The molecule has 70 valence electrons. The Morgan fingerprint density at radius 3 is 2.69 bits per heavy atom. The van der Waals surface area contributed by atoms with Crippen LogP contribution in [0.3, 0.4) is 0 Å². The summed E-state index contributed by atoms with van der Waals surface area (Å²) < 4.78 is 10.9. The normalized spacial score (nSPS) is 20.4. The molecule has 0 bridgehead atoms. The maximum Gasteiger partial charge on any atom is 0.125 e. The third-order valence-electron chi connectivity index (χ3n) is 1.96. The summed E-state index contributed by atoms with van der Waals surface area (Å²) in [6, 6.07) is 8.07. The van der Waals surface area contributed by atoms with Crippen molar-refractivity contribution in [1.29, 1.82) is 0 Å². The predicted octanol–water partition coefficient (Wildman–Crippen LogP) is 2.55. The first-order chi connectivity index (χ1) is 6.27. The zero-order valence-corrected chi connectivity index (χ0v) is 7.99. The smallest absolute Gasteiger partial charge is 0.125 e. The maximum atomic E-state index is 5.67. The van der Waals surface area contributed by atoms with E-state index < -0.39 is 0 Å². The lowest BCUT2D eigenvalue weighted by Crippen LogP contribution is -2.07. The van der Waals surface area contributed by atoms with E-state index in [0.717, 1.165) is 12.4 Å². The topological polar surface area (TPSA) is 21.8 Å². The van der Waals surface area contributed by atoms with Gasteiger partial charge in [-0.1, -0.05) is 18.2 Å². The summed E-state index contributed by atoms with van der Waals surface area (Å²) in [5, 5.41) is 0. The molecule has 2 nitrogen and oxygen atoms in total. The van der Waals surface area contributed by atoms with Crippen LogP contribution in [0.25, 0.3) is 0 Å². The molecule has 0 saturated carbocycles. The lowest BCUT2D eigenvalue weighted by Gasteiger charge is -2.12. The summed E-state index contributed by atoms with van der Waals surface area (Å²) in [5.74, 6) is 0.958. The van der Waals surface area contributed by atoms with Crippen LogP contribution in [0, 0.1) is 0 Å². The molecule has 1 aliphatic rings. The molecular formula is C11H14O2. The van der Waals surface area contributed by atoms with Crippen molar-refractivity contribution in [3.63, 3.8) is 0 Å².